The molecule has 0 aromatic heterocycles. The van der Waals surface area contributed by atoms with E-state index >= 15 is 0 Å². The summed E-state index contributed by atoms with van der Waals surface area (Å²) in [6, 6.07) is 4.70. The van der Waals surface area contributed by atoms with Crippen LogP contribution in [0.5, 0.6) is 0 Å². The average molecular weight is 183 g/mol. The molecular weight excluding hydrogens is 169 g/mol. The maximum absolute atomic E-state index is 13.1. The van der Waals surface area contributed by atoms with Crippen LogP contribution in [0.2, 0.25) is 0 Å². The van der Waals surface area contributed by atoms with E-state index in [4.69, 9.17) is 5.11 Å². The van der Waals surface area contributed by atoms with Crippen molar-refractivity contribution >= 4 is 0 Å². The van der Waals surface area contributed by atoms with E-state index in [1.807, 2.05) is 7.05 Å². The summed E-state index contributed by atoms with van der Waals surface area (Å²) < 4.78 is 13.1. The monoisotopic (exact) mass is 183 g/mol. The van der Waals surface area contributed by atoms with Crippen LogP contribution in [0.25, 0.3) is 0 Å². The Morgan fingerprint density at radius 1 is 1.46 bits per heavy atom. The van der Waals surface area contributed by atoms with Gasteiger partial charge in [0.1, 0.15) is 5.82 Å². The molecular formula is C10H14FNO. The van der Waals surface area contributed by atoms with Crippen LogP contribution in [0, 0.1) is 5.82 Å². The lowest BCUT2D eigenvalue weighted by Crippen LogP contribution is -2.11. The summed E-state index contributed by atoms with van der Waals surface area (Å²) in [4.78, 5) is 0. The molecule has 0 saturated carbocycles. The zero-order chi connectivity index (χ0) is 9.68. The molecule has 0 aliphatic rings. The van der Waals surface area contributed by atoms with Gasteiger partial charge in [-0.2, -0.15) is 0 Å². The molecule has 0 spiro atoms. The maximum Gasteiger partial charge on any atom is 0.126 e. The molecule has 0 heterocycles. The highest BCUT2D eigenvalue weighted by molar-refractivity contribution is 5.24. The minimum absolute atomic E-state index is 0.0349. The molecule has 0 amide bonds. The molecule has 2 nitrogen and oxygen atoms in total. The van der Waals surface area contributed by atoms with Crippen molar-refractivity contribution in [1.82, 2.24) is 5.32 Å². The fraction of sp³-hybridized carbons (Fsp3) is 0.400. The first-order chi connectivity index (χ1) is 6.27. The van der Waals surface area contributed by atoms with E-state index in [0.717, 1.165) is 12.1 Å². The third kappa shape index (κ3) is 2.79. The Balaban J connectivity index is 2.78. The van der Waals surface area contributed by atoms with Gasteiger partial charge in [0.15, 0.2) is 0 Å². The summed E-state index contributed by atoms with van der Waals surface area (Å²) in [7, 11) is 1.83. The lowest BCUT2D eigenvalue weighted by atomic mass is 10.1. The van der Waals surface area contributed by atoms with E-state index in [0.29, 0.717) is 12.0 Å². The summed E-state index contributed by atoms with van der Waals surface area (Å²) in [5.41, 5.74) is 1.41. The molecule has 0 fully saturated rings. The van der Waals surface area contributed by atoms with Crippen LogP contribution in [-0.2, 0) is 13.0 Å². The van der Waals surface area contributed by atoms with Gasteiger partial charge in [-0.3, -0.25) is 0 Å². The third-order valence-corrected chi connectivity index (χ3v) is 1.94. The van der Waals surface area contributed by atoms with Gasteiger partial charge in [-0.05, 0) is 37.2 Å². The number of aliphatic hydroxyl groups excluding tert-OH is 1. The number of hydrogen-bond donors (Lipinski definition) is 2. The Labute approximate surface area is 77.4 Å². The molecule has 2 N–H and O–H groups in total. The van der Waals surface area contributed by atoms with Crippen molar-refractivity contribution in [3.05, 3.63) is 35.1 Å². The first-order valence-corrected chi connectivity index (χ1v) is 4.30. The fourth-order valence-electron chi connectivity index (χ4n) is 1.18. The van der Waals surface area contributed by atoms with Gasteiger partial charge in [0, 0.05) is 0 Å². The second-order valence-corrected chi connectivity index (χ2v) is 2.94. The van der Waals surface area contributed by atoms with Gasteiger partial charge in [0.2, 0.25) is 0 Å². The Kier molecular flexibility index (Phi) is 3.86. The molecule has 0 saturated heterocycles. The summed E-state index contributed by atoms with van der Waals surface area (Å²) in [6.45, 7) is 0.707. The minimum Gasteiger partial charge on any atom is -0.392 e. The molecule has 0 radical (unpaired) electrons. The van der Waals surface area contributed by atoms with Crippen molar-refractivity contribution in [2.75, 3.05) is 13.6 Å². The molecule has 1 aromatic carbocycles. The van der Waals surface area contributed by atoms with Gasteiger partial charge in [0.05, 0.1) is 6.61 Å². The van der Waals surface area contributed by atoms with E-state index in [1.54, 1.807) is 12.1 Å². The molecule has 0 aliphatic carbocycles. The van der Waals surface area contributed by atoms with Crippen molar-refractivity contribution in [2.45, 2.75) is 13.0 Å². The molecule has 72 valence electrons. The molecule has 0 unspecified atom stereocenters. The van der Waals surface area contributed by atoms with Crippen LogP contribution >= 0.6 is 0 Å². The van der Waals surface area contributed by atoms with Crippen molar-refractivity contribution in [1.29, 1.82) is 0 Å². The zero-order valence-corrected chi connectivity index (χ0v) is 7.68. The lowest BCUT2D eigenvalue weighted by molar-refractivity contribution is 0.281. The number of hydrogen-bond acceptors (Lipinski definition) is 2. The number of aliphatic hydroxyl groups is 1. The number of halogens is 1. The van der Waals surface area contributed by atoms with Crippen molar-refractivity contribution < 1.29 is 9.50 Å². The first kappa shape index (κ1) is 10.2. The quantitative estimate of drug-likeness (QED) is 0.732. The van der Waals surface area contributed by atoms with Gasteiger partial charge in [0.25, 0.3) is 0 Å². The highest BCUT2D eigenvalue weighted by Crippen LogP contribution is 2.10. The fourth-order valence-corrected chi connectivity index (χ4v) is 1.18. The maximum atomic E-state index is 13.1. The van der Waals surface area contributed by atoms with Crippen LogP contribution in [0.15, 0.2) is 18.2 Å². The van der Waals surface area contributed by atoms with Crippen molar-refractivity contribution in [2.24, 2.45) is 0 Å². The lowest BCUT2D eigenvalue weighted by Gasteiger charge is -2.04. The van der Waals surface area contributed by atoms with Crippen molar-refractivity contribution in [3.8, 4) is 0 Å². The number of benzene rings is 1. The van der Waals surface area contributed by atoms with Crippen LogP contribution < -0.4 is 5.32 Å². The Hall–Kier alpha value is -0.930. The molecule has 0 bridgehead atoms. The third-order valence-electron chi connectivity index (χ3n) is 1.94. The highest BCUT2D eigenvalue weighted by atomic mass is 19.1. The molecule has 13 heavy (non-hydrogen) atoms. The number of nitrogens with one attached hydrogen (secondary N) is 1. The molecule has 3 heteroatoms. The number of likely N-dealkylation sites (N-methyl/N-ethyl adjacent to an activating group) is 1. The summed E-state index contributed by atoms with van der Waals surface area (Å²) in [5.74, 6) is -0.201. The smallest absolute Gasteiger partial charge is 0.126 e. The largest absolute Gasteiger partial charge is 0.392 e. The van der Waals surface area contributed by atoms with Gasteiger partial charge < -0.3 is 10.4 Å². The van der Waals surface area contributed by atoms with E-state index in [9.17, 15) is 4.39 Å². The predicted molar refractivity (Wildman–Crippen MR) is 50.0 cm³/mol. The Morgan fingerprint density at radius 3 is 2.85 bits per heavy atom. The standard InChI is InChI=1S/C10H14FNO/c1-12-5-4-9-6-8(7-13)2-3-10(9)11/h2-3,6,12-13H,4-5,7H2,1H3. The molecule has 1 rings (SSSR count). The highest BCUT2D eigenvalue weighted by Gasteiger charge is 2.02. The summed E-state index contributed by atoms with van der Waals surface area (Å²) in [5, 5.41) is 11.8. The predicted octanol–water partition coefficient (Wildman–Crippen LogP) is 1.08. The Morgan fingerprint density at radius 2 is 2.23 bits per heavy atom. The SMILES string of the molecule is CNCCc1cc(CO)ccc1F. The van der Waals surface area contributed by atoms with E-state index in [-0.39, 0.29) is 12.4 Å². The average Bonchev–Trinajstić information content (AvgIpc) is 2.17. The van der Waals surface area contributed by atoms with Crippen LogP contribution in [0.3, 0.4) is 0 Å². The van der Waals surface area contributed by atoms with Crippen LogP contribution in [-0.4, -0.2) is 18.7 Å². The Bertz CT molecular complexity index is 276. The molecule has 0 aliphatic heterocycles. The van der Waals surface area contributed by atoms with Gasteiger partial charge in [-0.1, -0.05) is 12.1 Å². The molecule has 1 aromatic rings. The van der Waals surface area contributed by atoms with E-state index in [2.05, 4.69) is 5.32 Å². The van der Waals surface area contributed by atoms with Gasteiger partial charge in [-0.15, -0.1) is 0 Å². The van der Waals surface area contributed by atoms with Gasteiger partial charge in [-0.25, -0.2) is 4.39 Å². The summed E-state index contributed by atoms with van der Waals surface area (Å²) >= 11 is 0. The van der Waals surface area contributed by atoms with Crippen molar-refractivity contribution in [3.63, 3.8) is 0 Å². The van der Waals surface area contributed by atoms with Gasteiger partial charge >= 0.3 is 0 Å². The normalized spacial score (nSPS) is 10.4. The van der Waals surface area contributed by atoms with E-state index in [1.165, 1.54) is 6.07 Å². The minimum atomic E-state index is -0.201. The summed E-state index contributed by atoms with van der Waals surface area (Å²) in [6.07, 6.45) is 0.649. The first-order valence-electron chi connectivity index (χ1n) is 4.30. The second-order valence-electron chi connectivity index (χ2n) is 2.94. The molecule has 0 atom stereocenters. The van der Waals surface area contributed by atoms with E-state index < -0.39 is 0 Å². The topological polar surface area (TPSA) is 32.3 Å². The van der Waals surface area contributed by atoms with Crippen LogP contribution in [0.4, 0.5) is 4.39 Å². The number of rotatable bonds is 4. The second kappa shape index (κ2) is 4.94. The van der Waals surface area contributed by atoms with Crippen LogP contribution in [0.1, 0.15) is 11.1 Å². The zero-order valence-electron chi connectivity index (χ0n) is 7.68.